The summed E-state index contributed by atoms with van der Waals surface area (Å²) in [5, 5.41) is 35.1. The Bertz CT molecular complexity index is 1960. The number of imidazole rings is 1. The van der Waals surface area contributed by atoms with Crippen LogP contribution in [0.25, 0.3) is 11.2 Å². The molecule has 30 heteroatoms. The molecular formula is C27H42N7O19P3S. The van der Waals surface area contributed by atoms with E-state index in [2.05, 4.69) is 47.0 Å². The molecule has 2 aromatic rings. The average Bonchev–Trinajstić information content (AvgIpc) is 3.66. The molecule has 320 valence electrons. The number of aliphatic hydroxyl groups is 2. The number of phosphoric acid groups is 3. The Hall–Kier alpha value is -3.23. The molecule has 0 bridgehead atoms. The number of amides is 2. The number of nitrogens with one attached hydrogen (secondary N) is 2. The number of allylic oxidation sites excluding steroid dienone is 2. The molecule has 2 amide bonds. The van der Waals surface area contributed by atoms with Crippen LogP contribution >= 0.6 is 36.1 Å². The number of fused-ring (bicyclic) bond motifs is 1. The molecule has 0 saturated carbocycles. The van der Waals surface area contributed by atoms with Gasteiger partial charge in [-0.2, -0.15) is 16.9 Å². The molecule has 3 heterocycles. The highest BCUT2D eigenvalue weighted by Gasteiger charge is 2.50. The van der Waals surface area contributed by atoms with Gasteiger partial charge in [-0.15, -0.1) is 0 Å². The van der Waals surface area contributed by atoms with Crippen molar-refractivity contribution in [1.82, 2.24) is 30.2 Å². The molecule has 1 saturated heterocycles. The van der Waals surface area contributed by atoms with Gasteiger partial charge in [0.15, 0.2) is 17.7 Å². The Morgan fingerprint density at radius 3 is 2.37 bits per heavy atom. The third-order valence-electron chi connectivity index (χ3n) is 7.59. The van der Waals surface area contributed by atoms with E-state index in [4.69, 9.17) is 24.6 Å². The lowest BCUT2D eigenvalue weighted by Gasteiger charge is -2.30. The number of ketones is 1. The maximum atomic E-state index is 12.7. The first kappa shape index (κ1) is 48.1. The largest absolute Gasteiger partial charge is 0.481 e. The number of carbonyl (C=O) groups is 4. The van der Waals surface area contributed by atoms with E-state index in [0.29, 0.717) is 12.3 Å². The van der Waals surface area contributed by atoms with Crippen LogP contribution < -0.4 is 16.4 Å². The summed E-state index contributed by atoms with van der Waals surface area (Å²) in [6, 6.07) is 0. The lowest BCUT2D eigenvalue weighted by molar-refractivity contribution is -0.137. The Kier molecular flexibility index (Phi) is 17.0. The number of carboxylic acids is 1. The number of aliphatic hydroxyl groups excluding tert-OH is 2. The van der Waals surface area contributed by atoms with Gasteiger partial charge in [0.2, 0.25) is 23.4 Å². The second kappa shape index (κ2) is 20.2. The average molecular weight is 894 g/mol. The Balaban J connectivity index is 1.70. The smallest absolute Gasteiger partial charge is 0.481 e. The number of hydrogen-bond donors (Lipinski definition) is 11. The summed E-state index contributed by atoms with van der Waals surface area (Å²) in [5.41, 5.74) is 3.92. The molecule has 0 radical (unpaired) electrons. The van der Waals surface area contributed by atoms with Gasteiger partial charge in [-0.1, -0.05) is 19.9 Å². The van der Waals surface area contributed by atoms with E-state index >= 15 is 0 Å². The van der Waals surface area contributed by atoms with Gasteiger partial charge in [-0.25, -0.2) is 28.6 Å². The topological polar surface area (TPSA) is 401 Å². The van der Waals surface area contributed by atoms with Crippen LogP contribution in [-0.2, 0) is 50.7 Å². The van der Waals surface area contributed by atoms with Crippen molar-refractivity contribution >= 4 is 76.6 Å². The lowest BCUT2D eigenvalue weighted by atomic mass is 9.87. The zero-order valence-corrected chi connectivity index (χ0v) is 33.5. The van der Waals surface area contributed by atoms with Crippen LogP contribution in [0.4, 0.5) is 5.82 Å². The number of rotatable bonds is 23. The van der Waals surface area contributed by atoms with Crippen LogP contribution in [0.1, 0.15) is 50.0 Å². The van der Waals surface area contributed by atoms with Crippen LogP contribution in [0, 0.1) is 5.41 Å². The van der Waals surface area contributed by atoms with Crippen molar-refractivity contribution in [3.63, 3.8) is 0 Å². The highest BCUT2D eigenvalue weighted by Crippen LogP contribution is 2.61. The van der Waals surface area contributed by atoms with Crippen molar-refractivity contribution in [2.24, 2.45) is 5.41 Å². The van der Waals surface area contributed by atoms with Crippen molar-refractivity contribution in [2.75, 3.05) is 37.8 Å². The number of hydrogen-bond acceptors (Lipinski definition) is 19. The number of thiol groups is 1. The summed E-state index contributed by atoms with van der Waals surface area (Å²) in [6.45, 7) is 0.465. The Morgan fingerprint density at radius 1 is 1.07 bits per heavy atom. The van der Waals surface area contributed by atoms with Crippen molar-refractivity contribution < 1.29 is 90.4 Å². The fraction of sp³-hybridized carbons (Fsp3) is 0.593. The fourth-order valence-corrected chi connectivity index (χ4v) is 7.73. The number of aliphatic carboxylic acids is 1. The van der Waals surface area contributed by atoms with Crippen molar-refractivity contribution in [1.29, 1.82) is 0 Å². The van der Waals surface area contributed by atoms with Gasteiger partial charge < -0.3 is 56.0 Å². The number of nitrogens with zero attached hydrogens (tertiary/aromatic N) is 4. The quantitative estimate of drug-likeness (QED) is 0.0274. The normalized spacial score (nSPS) is 21.6. The van der Waals surface area contributed by atoms with E-state index in [1.807, 2.05) is 0 Å². The summed E-state index contributed by atoms with van der Waals surface area (Å²) in [4.78, 5) is 98.8. The van der Waals surface area contributed by atoms with Gasteiger partial charge in [0, 0.05) is 37.1 Å². The standard InChI is InChI=1S/C27H42N7O19P3S/c1-27(2,21(40)25(41)30-8-7-16(36)29-9-10-57)12-50-56(47,48)53-55(45,46)49-11-15-20(52-54(42,43)44)19(39)26(51-15)34-13-31-18-22(28)32-23(33-24(18)34)14(35)5-3-4-6-17(37)38/h3,5,13,15,19-21,26,39-40,57H,4,6-12H2,1-2H3,(H,29,36)(H,30,41)(H,37,38)(H,45,46)(H,47,48)(H2,28,32,33)(H2,42,43,44)/t15-,19-,20-,21?,26-/m1/s1. The maximum absolute atomic E-state index is 12.7. The number of ether oxygens (including phenoxy) is 1. The molecule has 1 aliphatic heterocycles. The third kappa shape index (κ3) is 14.5. The third-order valence-corrected chi connectivity index (χ3v) is 10.9. The van der Waals surface area contributed by atoms with Crippen LogP contribution in [0.3, 0.4) is 0 Å². The molecule has 0 aliphatic carbocycles. The van der Waals surface area contributed by atoms with Crippen LogP contribution in [0.15, 0.2) is 18.5 Å². The van der Waals surface area contributed by atoms with Gasteiger partial charge in [0.25, 0.3) is 0 Å². The second-order valence-corrected chi connectivity index (χ2v) is 17.3. The molecule has 1 aliphatic rings. The number of carboxylic acid groups (broad SMARTS) is 1. The molecule has 57 heavy (non-hydrogen) atoms. The highest BCUT2D eigenvalue weighted by molar-refractivity contribution is 7.80. The predicted octanol–water partition coefficient (Wildman–Crippen LogP) is -1.06. The minimum Gasteiger partial charge on any atom is -0.481 e. The van der Waals surface area contributed by atoms with E-state index in [1.165, 1.54) is 19.9 Å². The molecule has 11 N–H and O–H groups in total. The molecule has 3 unspecified atom stereocenters. The molecule has 26 nitrogen and oxygen atoms in total. The van der Waals surface area contributed by atoms with Crippen LogP contribution in [0.2, 0.25) is 0 Å². The van der Waals surface area contributed by atoms with Gasteiger partial charge in [0.1, 0.15) is 29.9 Å². The number of carbonyl (C=O) groups excluding carboxylic acids is 3. The van der Waals surface area contributed by atoms with E-state index in [0.717, 1.165) is 17.0 Å². The molecule has 3 rings (SSSR count). The van der Waals surface area contributed by atoms with E-state index in [1.54, 1.807) is 0 Å². The zero-order valence-electron chi connectivity index (χ0n) is 30.0. The molecule has 0 spiro atoms. The van der Waals surface area contributed by atoms with Crippen molar-refractivity contribution in [2.45, 2.75) is 63.8 Å². The van der Waals surface area contributed by atoms with Crippen LogP contribution in [-0.4, -0.2) is 134 Å². The molecule has 7 atom stereocenters. The fourth-order valence-electron chi connectivity index (χ4n) is 4.79. The van der Waals surface area contributed by atoms with Crippen molar-refractivity contribution in [3.05, 3.63) is 24.3 Å². The maximum Gasteiger partial charge on any atom is 0.481 e. The molecule has 1 fully saturated rings. The Labute approximate surface area is 328 Å². The summed E-state index contributed by atoms with van der Waals surface area (Å²) in [5.74, 6) is -3.72. The van der Waals surface area contributed by atoms with E-state index in [9.17, 15) is 62.7 Å². The molecule has 0 aromatic carbocycles. The first-order chi connectivity index (χ1) is 26.4. The zero-order chi connectivity index (χ0) is 42.9. The van der Waals surface area contributed by atoms with E-state index in [-0.39, 0.29) is 42.8 Å². The molecular weight excluding hydrogens is 851 g/mol. The summed E-state index contributed by atoms with van der Waals surface area (Å²) >= 11 is 3.95. The number of nitrogen functional groups attached to an aromatic ring is 1. The summed E-state index contributed by atoms with van der Waals surface area (Å²) in [7, 11) is -16.6. The monoisotopic (exact) mass is 893 g/mol. The van der Waals surface area contributed by atoms with Crippen molar-refractivity contribution in [3.8, 4) is 0 Å². The summed E-state index contributed by atoms with van der Waals surface area (Å²) in [6.07, 6.45) is -6.69. The second-order valence-electron chi connectivity index (χ2n) is 12.7. The predicted molar refractivity (Wildman–Crippen MR) is 194 cm³/mol. The molecule has 2 aromatic heterocycles. The number of nitrogens with two attached hydrogens (primary N) is 1. The first-order valence-electron chi connectivity index (χ1n) is 16.4. The van der Waals surface area contributed by atoms with Crippen LogP contribution in [0.5, 0.6) is 0 Å². The Morgan fingerprint density at radius 2 is 1.74 bits per heavy atom. The van der Waals surface area contributed by atoms with Gasteiger partial charge >= 0.3 is 29.4 Å². The number of phosphoric ester groups is 3. The minimum atomic E-state index is -5.65. The first-order valence-corrected chi connectivity index (χ1v) is 21.5. The minimum absolute atomic E-state index is 0.00230. The SMILES string of the molecule is CC(C)(COP(=O)(O)OP(=O)(O)OC[C@H]1O[C@@H](n2cnc3c(N)nc(C(=O)C=CCCC(=O)O)nc32)[C@H](O)[C@@H]1OP(=O)(O)O)C(O)C(=O)NCCC(=O)NCCS. The number of aromatic nitrogens is 4. The van der Waals surface area contributed by atoms with E-state index < -0.39 is 102 Å². The highest BCUT2D eigenvalue weighted by atomic mass is 32.1. The van der Waals surface area contributed by atoms with Gasteiger partial charge in [0.05, 0.1) is 19.5 Å². The van der Waals surface area contributed by atoms with Gasteiger partial charge in [-0.3, -0.25) is 37.3 Å². The van der Waals surface area contributed by atoms with Gasteiger partial charge in [-0.05, 0) is 12.5 Å². The lowest BCUT2D eigenvalue weighted by Crippen LogP contribution is -2.46. The number of anilines is 1. The summed E-state index contributed by atoms with van der Waals surface area (Å²) < 4.78 is 62.1.